The highest BCUT2D eigenvalue weighted by Gasteiger charge is 2.45. The van der Waals surface area contributed by atoms with E-state index in [0.717, 1.165) is 0 Å². The average molecular weight is 191 g/mol. The van der Waals surface area contributed by atoms with E-state index >= 15 is 0 Å². The maximum Gasteiger partial charge on any atom is 0.306 e. The van der Waals surface area contributed by atoms with Crippen molar-refractivity contribution in [3.8, 4) is 0 Å². The summed E-state index contributed by atoms with van der Waals surface area (Å²) in [5.41, 5.74) is 0. The van der Waals surface area contributed by atoms with E-state index in [0.29, 0.717) is 19.4 Å². The first-order valence-electron chi connectivity index (χ1n) is 4.16. The van der Waals surface area contributed by atoms with Gasteiger partial charge in [-0.1, -0.05) is 0 Å². The van der Waals surface area contributed by atoms with Gasteiger partial charge in [-0.2, -0.15) is 0 Å². The van der Waals surface area contributed by atoms with Crippen LogP contribution in [-0.2, 0) is 9.53 Å². The lowest BCUT2D eigenvalue weighted by Gasteiger charge is -2.27. The fourth-order valence-electron chi connectivity index (χ4n) is 2.09. The fraction of sp³-hybridized carbons (Fsp3) is 0.875. The van der Waals surface area contributed by atoms with Gasteiger partial charge in [0.15, 0.2) is 0 Å². The molecule has 1 saturated heterocycles. The van der Waals surface area contributed by atoms with E-state index in [-0.39, 0.29) is 29.3 Å². The highest BCUT2D eigenvalue weighted by atomic mass is 35.5. The second-order valence-electron chi connectivity index (χ2n) is 3.53. The quantitative estimate of drug-likeness (QED) is 0.448. The van der Waals surface area contributed by atoms with E-state index in [1.165, 1.54) is 0 Å². The number of hydrogen-bond acceptors (Lipinski definition) is 3. The molecular formula is C8H11ClO3. The largest absolute Gasteiger partial charge is 0.465 e. The third-order valence-electron chi connectivity index (χ3n) is 2.81. The van der Waals surface area contributed by atoms with Crippen molar-refractivity contribution in [1.82, 2.24) is 0 Å². The lowest BCUT2D eigenvalue weighted by atomic mass is 9.90. The highest BCUT2D eigenvalue weighted by molar-refractivity contribution is 6.21. The SMILES string of the molecule is O=C1C[C@@H]2[C@H](CO1)[C@H](O)C[C@H]2Cl. The third-order valence-corrected chi connectivity index (χ3v) is 3.32. The van der Waals surface area contributed by atoms with Gasteiger partial charge in [-0.05, 0) is 12.3 Å². The van der Waals surface area contributed by atoms with Crippen LogP contribution >= 0.6 is 11.6 Å². The first kappa shape index (κ1) is 8.32. The van der Waals surface area contributed by atoms with Crippen LogP contribution in [0.1, 0.15) is 12.8 Å². The Hall–Kier alpha value is -0.280. The molecule has 0 bridgehead atoms. The Balaban J connectivity index is 2.11. The molecule has 4 atom stereocenters. The summed E-state index contributed by atoms with van der Waals surface area (Å²) < 4.78 is 4.85. The van der Waals surface area contributed by atoms with Crippen molar-refractivity contribution in [3.05, 3.63) is 0 Å². The van der Waals surface area contributed by atoms with Crippen LogP contribution in [0.25, 0.3) is 0 Å². The van der Waals surface area contributed by atoms with Gasteiger partial charge in [0.25, 0.3) is 0 Å². The van der Waals surface area contributed by atoms with Gasteiger partial charge in [0.2, 0.25) is 0 Å². The summed E-state index contributed by atoms with van der Waals surface area (Å²) in [6, 6.07) is 0. The van der Waals surface area contributed by atoms with Crippen LogP contribution in [0.3, 0.4) is 0 Å². The fourth-order valence-corrected chi connectivity index (χ4v) is 2.55. The molecule has 0 aromatic heterocycles. The van der Waals surface area contributed by atoms with E-state index in [4.69, 9.17) is 16.3 Å². The minimum Gasteiger partial charge on any atom is -0.465 e. The molecule has 1 heterocycles. The molecule has 0 unspecified atom stereocenters. The minimum absolute atomic E-state index is 0.0575. The number of aliphatic hydroxyl groups is 1. The van der Waals surface area contributed by atoms with Crippen LogP contribution < -0.4 is 0 Å². The van der Waals surface area contributed by atoms with Gasteiger partial charge in [0, 0.05) is 11.3 Å². The summed E-state index contributed by atoms with van der Waals surface area (Å²) >= 11 is 5.98. The number of aliphatic hydroxyl groups excluding tert-OH is 1. The van der Waals surface area contributed by atoms with E-state index in [1.54, 1.807) is 0 Å². The van der Waals surface area contributed by atoms with Crippen molar-refractivity contribution in [2.24, 2.45) is 11.8 Å². The van der Waals surface area contributed by atoms with Crippen molar-refractivity contribution < 1.29 is 14.6 Å². The lowest BCUT2D eigenvalue weighted by Crippen LogP contribution is -2.34. The van der Waals surface area contributed by atoms with Crippen LogP contribution in [0.15, 0.2) is 0 Å². The number of esters is 1. The molecule has 4 heteroatoms. The summed E-state index contributed by atoms with van der Waals surface area (Å²) in [4.78, 5) is 10.9. The third kappa shape index (κ3) is 1.21. The second kappa shape index (κ2) is 2.89. The number of carbonyl (C=O) groups is 1. The Morgan fingerprint density at radius 1 is 1.50 bits per heavy atom. The molecule has 3 nitrogen and oxygen atoms in total. The van der Waals surface area contributed by atoms with Crippen molar-refractivity contribution in [2.75, 3.05) is 6.61 Å². The summed E-state index contributed by atoms with van der Waals surface area (Å²) in [7, 11) is 0. The number of fused-ring (bicyclic) bond motifs is 1. The maximum absolute atomic E-state index is 10.9. The molecule has 0 aromatic carbocycles. The number of carbonyl (C=O) groups excluding carboxylic acids is 1. The van der Waals surface area contributed by atoms with Crippen molar-refractivity contribution in [3.63, 3.8) is 0 Å². The summed E-state index contributed by atoms with van der Waals surface area (Å²) in [5, 5.41) is 9.45. The summed E-state index contributed by atoms with van der Waals surface area (Å²) in [6.45, 7) is 0.341. The maximum atomic E-state index is 10.9. The minimum atomic E-state index is -0.384. The van der Waals surface area contributed by atoms with E-state index < -0.39 is 0 Å². The van der Waals surface area contributed by atoms with Gasteiger partial charge in [0.1, 0.15) is 0 Å². The van der Waals surface area contributed by atoms with Gasteiger partial charge in [-0.25, -0.2) is 0 Å². The molecule has 0 radical (unpaired) electrons. The summed E-state index contributed by atoms with van der Waals surface area (Å²) in [6.07, 6.45) is 0.578. The molecule has 0 spiro atoms. The Morgan fingerprint density at radius 3 is 3.00 bits per heavy atom. The number of rotatable bonds is 0. The van der Waals surface area contributed by atoms with Gasteiger partial charge in [0.05, 0.1) is 19.1 Å². The number of hydrogen-bond donors (Lipinski definition) is 1. The van der Waals surface area contributed by atoms with Gasteiger partial charge < -0.3 is 9.84 Å². The topological polar surface area (TPSA) is 46.5 Å². The van der Waals surface area contributed by atoms with Crippen LogP contribution in [0.2, 0.25) is 0 Å². The smallest absolute Gasteiger partial charge is 0.306 e. The Morgan fingerprint density at radius 2 is 2.25 bits per heavy atom. The molecule has 12 heavy (non-hydrogen) atoms. The molecule has 2 aliphatic rings. The van der Waals surface area contributed by atoms with Gasteiger partial charge in [-0.15, -0.1) is 11.6 Å². The van der Waals surface area contributed by atoms with Gasteiger partial charge >= 0.3 is 5.97 Å². The van der Waals surface area contributed by atoms with E-state index in [2.05, 4.69) is 0 Å². The number of halogens is 1. The summed E-state index contributed by atoms with van der Waals surface area (Å²) in [5.74, 6) is 0.0177. The zero-order valence-corrected chi connectivity index (χ0v) is 7.33. The Labute approximate surface area is 75.7 Å². The molecular weight excluding hydrogens is 180 g/mol. The van der Waals surface area contributed by atoms with Crippen molar-refractivity contribution in [1.29, 1.82) is 0 Å². The van der Waals surface area contributed by atoms with Crippen LogP contribution in [0.4, 0.5) is 0 Å². The molecule has 68 valence electrons. The molecule has 0 amide bonds. The molecule has 1 aliphatic heterocycles. The molecule has 0 aromatic rings. The number of alkyl halides is 1. The zero-order chi connectivity index (χ0) is 8.72. The first-order chi connectivity index (χ1) is 5.68. The Bertz CT molecular complexity index is 206. The molecule has 2 rings (SSSR count). The lowest BCUT2D eigenvalue weighted by molar-refractivity contribution is -0.153. The average Bonchev–Trinajstić information content (AvgIpc) is 2.28. The number of ether oxygens (including phenoxy) is 1. The highest BCUT2D eigenvalue weighted by Crippen LogP contribution is 2.40. The first-order valence-corrected chi connectivity index (χ1v) is 4.60. The number of cyclic esters (lactones) is 1. The predicted octanol–water partition coefficient (Wildman–Crippen LogP) is 0.538. The predicted molar refractivity (Wildman–Crippen MR) is 42.8 cm³/mol. The Kier molecular flexibility index (Phi) is 2.00. The van der Waals surface area contributed by atoms with Crippen LogP contribution in [0.5, 0.6) is 0 Å². The zero-order valence-electron chi connectivity index (χ0n) is 6.57. The van der Waals surface area contributed by atoms with Crippen molar-refractivity contribution in [2.45, 2.75) is 24.3 Å². The molecule has 1 aliphatic carbocycles. The van der Waals surface area contributed by atoms with E-state index in [9.17, 15) is 9.90 Å². The molecule has 2 fully saturated rings. The van der Waals surface area contributed by atoms with Crippen LogP contribution in [0, 0.1) is 11.8 Å². The monoisotopic (exact) mass is 190 g/mol. The standard InChI is InChI=1S/C8H11ClO3/c9-6-2-7(10)5-3-12-8(11)1-4(5)6/h4-7,10H,1-3H2/t4-,5+,6-,7-/m1/s1. The normalized spacial score (nSPS) is 47.0. The molecule has 1 saturated carbocycles. The van der Waals surface area contributed by atoms with Crippen LogP contribution in [-0.4, -0.2) is 29.2 Å². The van der Waals surface area contributed by atoms with Crippen molar-refractivity contribution >= 4 is 17.6 Å². The second-order valence-corrected chi connectivity index (χ2v) is 4.09. The van der Waals surface area contributed by atoms with E-state index in [1.807, 2.05) is 0 Å². The molecule has 1 N–H and O–H groups in total. The van der Waals surface area contributed by atoms with Gasteiger partial charge in [-0.3, -0.25) is 4.79 Å².